The van der Waals surface area contributed by atoms with Gasteiger partial charge in [-0.15, -0.1) is 0 Å². The molecule has 1 heterocycles. The number of nitrogens with zero attached hydrogens (tertiary/aromatic N) is 1. The maximum absolute atomic E-state index is 3.52. The molecule has 2 heteroatoms. The van der Waals surface area contributed by atoms with E-state index in [1.165, 1.54) is 24.1 Å². The molecular formula is C16H26N2. The van der Waals surface area contributed by atoms with Gasteiger partial charge < -0.3 is 5.32 Å². The molecule has 1 aliphatic rings. The standard InChI is InChI=1S/C16H26N2/c1-13(2)10-16-11-17-8-9-18(16)12-15-6-4-14(3)5-7-15/h4-7,13,16-17H,8-12H2,1-3H3. The van der Waals surface area contributed by atoms with Gasteiger partial charge >= 0.3 is 0 Å². The van der Waals surface area contributed by atoms with Crippen LogP contribution in [0.4, 0.5) is 0 Å². The Morgan fingerprint density at radius 2 is 2.00 bits per heavy atom. The molecule has 100 valence electrons. The molecule has 2 nitrogen and oxygen atoms in total. The van der Waals surface area contributed by atoms with Crippen molar-refractivity contribution in [2.24, 2.45) is 5.92 Å². The van der Waals surface area contributed by atoms with Crippen molar-refractivity contribution < 1.29 is 0 Å². The summed E-state index contributed by atoms with van der Waals surface area (Å²) in [4.78, 5) is 2.64. The Balaban J connectivity index is 1.98. The zero-order valence-electron chi connectivity index (χ0n) is 11.9. The summed E-state index contributed by atoms with van der Waals surface area (Å²) >= 11 is 0. The van der Waals surface area contributed by atoms with Gasteiger partial charge in [0.1, 0.15) is 0 Å². The lowest BCUT2D eigenvalue weighted by molar-refractivity contribution is 0.134. The number of nitrogens with one attached hydrogen (secondary N) is 1. The van der Waals surface area contributed by atoms with Gasteiger partial charge in [-0.3, -0.25) is 4.90 Å². The number of rotatable bonds is 4. The molecule has 1 fully saturated rings. The van der Waals surface area contributed by atoms with Crippen molar-refractivity contribution in [3.63, 3.8) is 0 Å². The first kappa shape index (κ1) is 13.6. The van der Waals surface area contributed by atoms with Gasteiger partial charge in [0.15, 0.2) is 0 Å². The third-order valence-electron chi connectivity index (χ3n) is 3.72. The normalized spacial score (nSPS) is 21.4. The highest BCUT2D eigenvalue weighted by Gasteiger charge is 2.22. The maximum Gasteiger partial charge on any atom is 0.0237 e. The van der Waals surface area contributed by atoms with Crippen molar-refractivity contribution in [3.8, 4) is 0 Å². The van der Waals surface area contributed by atoms with E-state index in [4.69, 9.17) is 0 Å². The van der Waals surface area contributed by atoms with Crippen molar-refractivity contribution in [1.29, 1.82) is 0 Å². The molecule has 1 aromatic rings. The lowest BCUT2D eigenvalue weighted by atomic mass is 10.00. The minimum atomic E-state index is 0.694. The van der Waals surface area contributed by atoms with Crippen LogP contribution in [0.25, 0.3) is 0 Å². The van der Waals surface area contributed by atoms with Crippen LogP contribution in [-0.4, -0.2) is 30.6 Å². The Morgan fingerprint density at radius 3 is 2.67 bits per heavy atom. The van der Waals surface area contributed by atoms with Crippen LogP contribution in [0.5, 0.6) is 0 Å². The molecule has 0 radical (unpaired) electrons. The van der Waals surface area contributed by atoms with Crippen molar-refractivity contribution >= 4 is 0 Å². The number of hydrogen-bond donors (Lipinski definition) is 1. The molecule has 1 saturated heterocycles. The van der Waals surface area contributed by atoms with Gasteiger partial charge in [-0.05, 0) is 24.8 Å². The van der Waals surface area contributed by atoms with Crippen LogP contribution in [0, 0.1) is 12.8 Å². The molecular weight excluding hydrogens is 220 g/mol. The first-order chi connectivity index (χ1) is 8.65. The average Bonchev–Trinajstić information content (AvgIpc) is 2.34. The van der Waals surface area contributed by atoms with Gasteiger partial charge in [-0.2, -0.15) is 0 Å². The van der Waals surface area contributed by atoms with Crippen molar-refractivity contribution in [3.05, 3.63) is 35.4 Å². The first-order valence-corrected chi connectivity index (χ1v) is 7.15. The summed E-state index contributed by atoms with van der Waals surface area (Å²) in [6.45, 7) is 11.3. The second-order valence-electron chi connectivity index (χ2n) is 5.94. The van der Waals surface area contributed by atoms with Crippen LogP contribution >= 0.6 is 0 Å². The molecule has 0 saturated carbocycles. The second kappa shape index (κ2) is 6.35. The predicted molar refractivity (Wildman–Crippen MR) is 77.7 cm³/mol. The third kappa shape index (κ3) is 3.82. The van der Waals surface area contributed by atoms with Crippen LogP contribution < -0.4 is 5.32 Å². The Labute approximate surface area is 111 Å². The largest absolute Gasteiger partial charge is 0.314 e. The van der Waals surface area contributed by atoms with Crippen LogP contribution in [0.2, 0.25) is 0 Å². The van der Waals surface area contributed by atoms with Crippen LogP contribution in [-0.2, 0) is 6.54 Å². The van der Waals surface area contributed by atoms with Gasteiger partial charge in [0.2, 0.25) is 0 Å². The topological polar surface area (TPSA) is 15.3 Å². The van der Waals surface area contributed by atoms with Crippen molar-refractivity contribution in [2.75, 3.05) is 19.6 Å². The van der Waals surface area contributed by atoms with Gasteiger partial charge in [-0.25, -0.2) is 0 Å². The fourth-order valence-electron chi connectivity index (χ4n) is 2.72. The monoisotopic (exact) mass is 246 g/mol. The summed E-state index contributed by atoms with van der Waals surface area (Å²) in [6, 6.07) is 9.66. The maximum atomic E-state index is 3.52. The van der Waals surface area contributed by atoms with Crippen LogP contribution in [0.15, 0.2) is 24.3 Å². The Bertz CT molecular complexity index is 356. The summed E-state index contributed by atoms with van der Waals surface area (Å²) in [7, 11) is 0. The zero-order valence-corrected chi connectivity index (χ0v) is 11.9. The van der Waals surface area contributed by atoms with Gasteiger partial charge in [0.25, 0.3) is 0 Å². The van der Waals surface area contributed by atoms with Crippen molar-refractivity contribution in [1.82, 2.24) is 10.2 Å². The van der Waals surface area contributed by atoms with E-state index in [-0.39, 0.29) is 0 Å². The Kier molecular flexibility index (Phi) is 4.79. The van der Waals surface area contributed by atoms with E-state index in [0.29, 0.717) is 6.04 Å². The van der Waals surface area contributed by atoms with Crippen molar-refractivity contribution in [2.45, 2.75) is 39.8 Å². The Morgan fingerprint density at radius 1 is 1.28 bits per heavy atom. The molecule has 1 N–H and O–H groups in total. The second-order valence-corrected chi connectivity index (χ2v) is 5.94. The van der Waals surface area contributed by atoms with Crippen LogP contribution in [0.3, 0.4) is 0 Å². The minimum Gasteiger partial charge on any atom is -0.314 e. The number of piperazine rings is 1. The Hall–Kier alpha value is -0.860. The molecule has 0 amide bonds. The lowest BCUT2D eigenvalue weighted by Crippen LogP contribution is -2.51. The predicted octanol–water partition coefficient (Wildman–Crippen LogP) is 2.81. The molecule has 0 spiro atoms. The lowest BCUT2D eigenvalue weighted by Gasteiger charge is -2.37. The molecule has 0 aliphatic carbocycles. The van der Waals surface area contributed by atoms with E-state index in [1.54, 1.807) is 0 Å². The summed E-state index contributed by atoms with van der Waals surface area (Å²) in [5.41, 5.74) is 2.79. The third-order valence-corrected chi connectivity index (χ3v) is 3.72. The molecule has 1 aliphatic heterocycles. The van der Waals surface area contributed by atoms with E-state index in [1.807, 2.05) is 0 Å². The highest BCUT2D eigenvalue weighted by Crippen LogP contribution is 2.16. The highest BCUT2D eigenvalue weighted by atomic mass is 15.2. The smallest absolute Gasteiger partial charge is 0.0237 e. The fraction of sp³-hybridized carbons (Fsp3) is 0.625. The number of benzene rings is 1. The van der Waals surface area contributed by atoms with E-state index in [9.17, 15) is 0 Å². The molecule has 1 unspecified atom stereocenters. The molecule has 18 heavy (non-hydrogen) atoms. The summed E-state index contributed by atoms with van der Waals surface area (Å²) in [5.74, 6) is 0.774. The number of aryl methyl sites for hydroxylation is 1. The summed E-state index contributed by atoms with van der Waals surface area (Å²) < 4.78 is 0. The molecule has 0 bridgehead atoms. The summed E-state index contributed by atoms with van der Waals surface area (Å²) in [6.07, 6.45) is 1.29. The minimum absolute atomic E-state index is 0.694. The molecule has 1 atom stereocenters. The zero-order chi connectivity index (χ0) is 13.0. The van der Waals surface area contributed by atoms with E-state index >= 15 is 0 Å². The van der Waals surface area contributed by atoms with Crippen LogP contribution in [0.1, 0.15) is 31.4 Å². The first-order valence-electron chi connectivity index (χ1n) is 7.15. The fourth-order valence-corrected chi connectivity index (χ4v) is 2.72. The summed E-state index contributed by atoms with van der Waals surface area (Å²) in [5, 5.41) is 3.52. The van der Waals surface area contributed by atoms with Gasteiger partial charge in [-0.1, -0.05) is 43.7 Å². The molecule has 0 aromatic heterocycles. The van der Waals surface area contributed by atoms with E-state index in [2.05, 4.69) is 55.3 Å². The number of hydrogen-bond acceptors (Lipinski definition) is 2. The highest BCUT2D eigenvalue weighted by molar-refractivity contribution is 5.21. The quantitative estimate of drug-likeness (QED) is 0.879. The van der Waals surface area contributed by atoms with Gasteiger partial charge in [0.05, 0.1) is 0 Å². The van der Waals surface area contributed by atoms with E-state index < -0.39 is 0 Å². The van der Waals surface area contributed by atoms with Gasteiger partial charge in [0, 0.05) is 32.2 Å². The molecule has 2 rings (SSSR count). The SMILES string of the molecule is Cc1ccc(CN2CCNCC2CC(C)C)cc1. The molecule has 1 aromatic carbocycles. The van der Waals surface area contributed by atoms with E-state index in [0.717, 1.165) is 25.6 Å². The average molecular weight is 246 g/mol.